The van der Waals surface area contributed by atoms with Gasteiger partial charge in [-0.1, -0.05) is 35.6 Å². The highest BCUT2D eigenvalue weighted by molar-refractivity contribution is 7.16. The van der Waals surface area contributed by atoms with Crippen molar-refractivity contribution in [2.45, 2.75) is 13.8 Å². The van der Waals surface area contributed by atoms with Gasteiger partial charge in [-0.3, -0.25) is 9.59 Å². The largest absolute Gasteiger partial charge is 0.451 e. The molecule has 0 spiro atoms. The Labute approximate surface area is 152 Å². The molecule has 2 aromatic carbocycles. The fourth-order valence-electron chi connectivity index (χ4n) is 3.02. The van der Waals surface area contributed by atoms with E-state index in [9.17, 15) is 9.59 Å². The Morgan fingerprint density at radius 2 is 1.85 bits per heavy atom. The van der Waals surface area contributed by atoms with Crippen LogP contribution in [0.4, 0.5) is 0 Å². The standard InChI is InChI=1S/C20H16N2O3S/c1-11-8-9-12(2)18-17(11)22(3)20(26-18)21-19(24)16-10-14(23)13-6-4-5-7-15(13)25-16/h4-10H,1-3H3. The lowest BCUT2D eigenvalue weighted by atomic mass is 10.1. The molecule has 0 aliphatic carbocycles. The van der Waals surface area contributed by atoms with Crippen molar-refractivity contribution in [2.24, 2.45) is 12.0 Å². The summed E-state index contributed by atoms with van der Waals surface area (Å²) in [5.74, 6) is -0.620. The first kappa shape index (κ1) is 16.5. The Morgan fingerprint density at radius 1 is 1.12 bits per heavy atom. The number of benzene rings is 2. The number of para-hydroxylation sites is 1. The van der Waals surface area contributed by atoms with Gasteiger partial charge in [-0.05, 0) is 37.1 Å². The number of nitrogens with zero attached hydrogens (tertiary/aromatic N) is 2. The maximum Gasteiger partial charge on any atom is 0.315 e. The van der Waals surface area contributed by atoms with Crippen LogP contribution in [0.2, 0.25) is 0 Å². The molecule has 2 aromatic heterocycles. The van der Waals surface area contributed by atoms with Gasteiger partial charge in [-0.25, -0.2) is 0 Å². The quantitative estimate of drug-likeness (QED) is 0.517. The summed E-state index contributed by atoms with van der Waals surface area (Å²) in [5, 5.41) is 0.447. The number of thiazole rings is 1. The van der Waals surface area contributed by atoms with Crippen molar-refractivity contribution >= 4 is 38.4 Å². The maximum absolute atomic E-state index is 12.6. The molecule has 2 heterocycles. The van der Waals surface area contributed by atoms with Gasteiger partial charge in [0.2, 0.25) is 0 Å². The van der Waals surface area contributed by atoms with E-state index in [-0.39, 0.29) is 11.2 Å². The first-order chi connectivity index (χ1) is 12.5. The molecule has 26 heavy (non-hydrogen) atoms. The average molecular weight is 364 g/mol. The number of carbonyl (C=O) groups is 1. The van der Waals surface area contributed by atoms with E-state index in [0.717, 1.165) is 21.3 Å². The molecule has 0 N–H and O–H groups in total. The average Bonchev–Trinajstić information content (AvgIpc) is 2.96. The summed E-state index contributed by atoms with van der Waals surface area (Å²) in [5.41, 5.74) is 3.44. The Morgan fingerprint density at radius 3 is 2.62 bits per heavy atom. The van der Waals surface area contributed by atoms with Gasteiger partial charge in [-0.2, -0.15) is 4.99 Å². The summed E-state index contributed by atoms with van der Waals surface area (Å²) in [6, 6.07) is 12.2. The van der Waals surface area contributed by atoms with Gasteiger partial charge in [-0.15, -0.1) is 0 Å². The molecule has 0 unspecified atom stereocenters. The van der Waals surface area contributed by atoms with Crippen LogP contribution >= 0.6 is 11.3 Å². The number of fused-ring (bicyclic) bond motifs is 2. The first-order valence-corrected chi connectivity index (χ1v) is 8.95. The van der Waals surface area contributed by atoms with Gasteiger partial charge in [0.1, 0.15) is 5.58 Å². The molecular formula is C20H16N2O3S. The lowest BCUT2D eigenvalue weighted by molar-refractivity contribution is 0.0972. The van der Waals surface area contributed by atoms with Crippen LogP contribution < -0.4 is 10.2 Å². The van der Waals surface area contributed by atoms with Crippen LogP contribution in [0.25, 0.3) is 21.2 Å². The summed E-state index contributed by atoms with van der Waals surface area (Å²) in [7, 11) is 1.88. The minimum Gasteiger partial charge on any atom is -0.451 e. The van der Waals surface area contributed by atoms with Gasteiger partial charge in [0.15, 0.2) is 16.0 Å². The van der Waals surface area contributed by atoms with Crippen molar-refractivity contribution in [1.29, 1.82) is 0 Å². The normalized spacial score (nSPS) is 12.2. The monoisotopic (exact) mass is 364 g/mol. The molecule has 130 valence electrons. The number of carbonyl (C=O) groups excluding carboxylic acids is 1. The molecule has 6 heteroatoms. The second kappa shape index (κ2) is 6.07. The molecule has 0 atom stereocenters. The Balaban J connectivity index is 1.90. The zero-order valence-corrected chi connectivity index (χ0v) is 15.4. The molecule has 0 saturated carbocycles. The highest BCUT2D eigenvalue weighted by Crippen LogP contribution is 2.24. The summed E-state index contributed by atoms with van der Waals surface area (Å²) < 4.78 is 8.59. The third kappa shape index (κ3) is 2.59. The number of aryl methyl sites for hydroxylation is 3. The summed E-state index contributed by atoms with van der Waals surface area (Å²) in [4.78, 5) is 29.6. The van der Waals surface area contributed by atoms with E-state index >= 15 is 0 Å². The van der Waals surface area contributed by atoms with Gasteiger partial charge >= 0.3 is 5.91 Å². The molecule has 0 aliphatic rings. The summed E-state index contributed by atoms with van der Waals surface area (Å²) >= 11 is 1.45. The van der Waals surface area contributed by atoms with Crippen LogP contribution in [-0.4, -0.2) is 10.5 Å². The minimum absolute atomic E-state index is 0.0559. The zero-order valence-electron chi connectivity index (χ0n) is 14.6. The van der Waals surface area contributed by atoms with E-state index < -0.39 is 5.91 Å². The second-order valence-electron chi connectivity index (χ2n) is 6.21. The van der Waals surface area contributed by atoms with Crippen LogP contribution in [0.15, 0.2) is 56.7 Å². The highest BCUT2D eigenvalue weighted by Gasteiger charge is 2.13. The number of hydrogen-bond acceptors (Lipinski definition) is 4. The molecule has 0 aliphatic heterocycles. The number of hydrogen-bond donors (Lipinski definition) is 0. The third-order valence-electron chi connectivity index (χ3n) is 4.39. The smallest absolute Gasteiger partial charge is 0.315 e. The topological polar surface area (TPSA) is 64.6 Å². The van der Waals surface area contributed by atoms with Crippen LogP contribution in [0.1, 0.15) is 21.7 Å². The van der Waals surface area contributed by atoms with Crippen molar-refractivity contribution < 1.29 is 9.21 Å². The van der Waals surface area contributed by atoms with E-state index in [1.54, 1.807) is 24.3 Å². The van der Waals surface area contributed by atoms with E-state index in [1.807, 2.05) is 25.5 Å². The summed E-state index contributed by atoms with van der Waals surface area (Å²) in [6.45, 7) is 4.06. The van der Waals surface area contributed by atoms with E-state index in [4.69, 9.17) is 4.42 Å². The Hall–Kier alpha value is -2.99. The summed E-state index contributed by atoms with van der Waals surface area (Å²) in [6.07, 6.45) is 0. The fourth-order valence-corrected chi connectivity index (χ4v) is 4.18. The van der Waals surface area contributed by atoms with Gasteiger partial charge in [0.25, 0.3) is 0 Å². The predicted octanol–water partition coefficient (Wildman–Crippen LogP) is 3.70. The SMILES string of the molecule is Cc1ccc(C)c2c1sc(=NC(=O)c1cc(=O)c3ccccc3o1)n2C. The van der Waals surface area contributed by atoms with E-state index in [1.165, 1.54) is 17.4 Å². The number of amides is 1. The van der Waals surface area contributed by atoms with E-state index in [0.29, 0.717) is 15.8 Å². The van der Waals surface area contributed by atoms with Crippen molar-refractivity contribution in [2.75, 3.05) is 0 Å². The van der Waals surface area contributed by atoms with E-state index in [2.05, 4.69) is 17.1 Å². The van der Waals surface area contributed by atoms with Gasteiger partial charge in [0, 0.05) is 13.1 Å². The first-order valence-electron chi connectivity index (χ1n) is 8.13. The Kier molecular flexibility index (Phi) is 3.85. The van der Waals surface area contributed by atoms with Crippen LogP contribution in [0, 0.1) is 13.8 Å². The zero-order chi connectivity index (χ0) is 18.4. The lowest BCUT2D eigenvalue weighted by Crippen LogP contribution is -2.14. The lowest BCUT2D eigenvalue weighted by Gasteiger charge is -2.02. The molecule has 5 nitrogen and oxygen atoms in total. The predicted molar refractivity (Wildman–Crippen MR) is 103 cm³/mol. The molecule has 0 fully saturated rings. The minimum atomic E-state index is -0.565. The van der Waals surface area contributed by atoms with Gasteiger partial charge in [0.05, 0.1) is 15.6 Å². The van der Waals surface area contributed by atoms with Crippen LogP contribution in [0.3, 0.4) is 0 Å². The number of aromatic nitrogens is 1. The van der Waals surface area contributed by atoms with Crippen molar-refractivity contribution in [3.05, 3.63) is 74.4 Å². The van der Waals surface area contributed by atoms with Crippen LogP contribution in [0.5, 0.6) is 0 Å². The van der Waals surface area contributed by atoms with Crippen LogP contribution in [-0.2, 0) is 7.05 Å². The Bertz CT molecular complexity index is 1310. The van der Waals surface area contributed by atoms with Gasteiger partial charge < -0.3 is 8.98 Å². The fraction of sp³-hybridized carbons (Fsp3) is 0.150. The molecule has 0 radical (unpaired) electrons. The number of rotatable bonds is 1. The third-order valence-corrected chi connectivity index (χ3v) is 5.66. The molecule has 1 amide bonds. The maximum atomic E-state index is 12.6. The van der Waals surface area contributed by atoms with Crippen molar-refractivity contribution in [1.82, 2.24) is 4.57 Å². The van der Waals surface area contributed by atoms with Crippen molar-refractivity contribution in [3.63, 3.8) is 0 Å². The molecule has 0 saturated heterocycles. The highest BCUT2D eigenvalue weighted by atomic mass is 32.1. The second-order valence-corrected chi connectivity index (χ2v) is 7.19. The molecule has 4 rings (SSSR count). The molecular weight excluding hydrogens is 348 g/mol. The molecule has 0 bridgehead atoms. The van der Waals surface area contributed by atoms with Crippen molar-refractivity contribution in [3.8, 4) is 0 Å². The molecule has 4 aromatic rings.